The average Bonchev–Trinajstić information content (AvgIpc) is 2.88. The summed E-state index contributed by atoms with van der Waals surface area (Å²) in [5.41, 5.74) is 0.657. The molecule has 2 fully saturated rings. The molecule has 0 unspecified atom stereocenters. The highest BCUT2D eigenvalue weighted by molar-refractivity contribution is 9.10. The SMILES string of the molecule is COc1ccc(P(=Nc2ccc([N+](=O)[O-])cc2Br)(N2CCOCC2)N2CCOCC2)c(OC)c1. The van der Waals surface area contributed by atoms with E-state index in [1.807, 2.05) is 18.2 Å². The molecule has 0 saturated carbocycles. The van der Waals surface area contributed by atoms with Crippen molar-refractivity contribution in [2.75, 3.05) is 66.8 Å². The van der Waals surface area contributed by atoms with Gasteiger partial charge in [0.05, 0.1) is 61.0 Å². The van der Waals surface area contributed by atoms with Crippen LogP contribution in [0, 0.1) is 10.1 Å². The third-order valence-corrected chi connectivity index (χ3v) is 10.4. The van der Waals surface area contributed by atoms with Gasteiger partial charge in [0, 0.05) is 44.4 Å². The molecule has 0 aliphatic carbocycles. The van der Waals surface area contributed by atoms with Gasteiger partial charge in [0.15, 0.2) is 0 Å². The minimum absolute atomic E-state index is 0.00883. The molecule has 2 aromatic carbocycles. The van der Waals surface area contributed by atoms with E-state index in [2.05, 4.69) is 25.3 Å². The molecular weight excluding hydrogens is 527 g/mol. The zero-order valence-corrected chi connectivity index (χ0v) is 21.7. The summed E-state index contributed by atoms with van der Waals surface area (Å²) in [6.45, 7) is 5.21. The third-order valence-electron chi connectivity index (χ3n) is 5.86. The summed E-state index contributed by atoms with van der Waals surface area (Å²) in [5.74, 6) is 1.38. The maximum absolute atomic E-state index is 11.3. The zero-order chi connectivity index (χ0) is 24.1. The van der Waals surface area contributed by atoms with Crippen LogP contribution in [0.5, 0.6) is 11.5 Å². The summed E-state index contributed by atoms with van der Waals surface area (Å²) in [5, 5.41) is 12.3. The van der Waals surface area contributed by atoms with Gasteiger partial charge < -0.3 is 18.9 Å². The van der Waals surface area contributed by atoms with Crippen molar-refractivity contribution < 1.29 is 23.9 Å². The van der Waals surface area contributed by atoms with Gasteiger partial charge in [0.2, 0.25) is 0 Å². The number of rotatable bonds is 7. The number of halogens is 1. The molecule has 0 aromatic heterocycles. The lowest BCUT2D eigenvalue weighted by Crippen LogP contribution is -2.46. The Balaban J connectivity index is 2.01. The number of nitro groups is 1. The van der Waals surface area contributed by atoms with Gasteiger partial charge in [0.1, 0.15) is 18.9 Å². The van der Waals surface area contributed by atoms with Crippen molar-refractivity contribution in [1.29, 1.82) is 0 Å². The second kappa shape index (κ2) is 11.2. The Labute approximate surface area is 207 Å². The summed E-state index contributed by atoms with van der Waals surface area (Å²) in [4.78, 5) is 10.9. The fourth-order valence-electron chi connectivity index (χ4n) is 4.20. The lowest BCUT2D eigenvalue weighted by atomic mass is 10.3. The van der Waals surface area contributed by atoms with Crippen LogP contribution in [0.3, 0.4) is 0 Å². The van der Waals surface area contributed by atoms with Gasteiger partial charge in [-0.05, 0) is 34.1 Å². The predicted octanol–water partition coefficient (Wildman–Crippen LogP) is 4.03. The smallest absolute Gasteiger partial charge is 0.270 e. The van der Waals surface area contributed by atoms with E-state index in [0.29, 0.717) is 74.3 Å². The van der Waals surface area contributed by atoms with Crippen LogP contribution in [0.2, 0.25) is 0 Å². The molecule has 2 aliphatic rings. The summed E-state index contributed by atoms with van der Waals surface area (Å²) in [6.07, 6.45) is 0. The molecule has 0 spiro atoms. The number of methoxy groups -OCH3 is 2. The molecule has 0 amide bonds. The van der Waals surface area contributed by atoms with Crippen LogP contribution in [0.25, 0.3) is 0 Å². The topological polar surface area (TPSA) is 98.9 Å². The van der Waals surface area contributed by atoms with Crippen molar-refractivity contribution in [3.63, 3.8) is 0 Å². The van der Waals surface area contributed by atoms with Crippen molar-refractivity contribution in [3.05, 3.63) is 51.0 Å². The van der Waals surface area contributed by atoms with Crippen LogP contribution in [0.4, 0.5) is 11.4 Å². The normalized spacial score (nSPS) is 17.9. The fourth-order valence-corrected chi connectivity index (χ4v) is 8.77. The molecule has 0 N–H and O–H groups in total. The Morgan fingerprint density at radius 2 is 1.59 bits per heavy atom. The lowest BCUT2D eigenvalue weighted by Gasteiger charge is -2.47. The molecule has 0 bridgehead atoms. The number of hydrogen-bond acceptors (Lipinski definition) is 7. The van der Waals surface area contributed by atoms with E-state index in [1.54, 1.807) is 20.3 Å². The number of ether oxygens (including phenoxy) is 4. The molecule has 2 aromatic rings. The van der Waals surface area contributed by atoms with Crippen molar-refractivity contribution >= 4 is 40.0 Å². The molecule has 2 heterocycles. The van der Waals surface area contributed by atoms with Crippen molar-refractivity contribution in [2.24, 2.45) is 4.74 Å². The highest BCUT2D eigenvalue weighted by atomic mass is 79.9. The predicted molar refractivity (Wildman–Crippen MR) is 134 cm³/mol. The molecule has 184 valence electrons. The Morgan fingerprint density at radius 3 is 2.09 bits per heavy atom. The Hall–Kier alpha value is -2.01. The number of non-ortho nitro benzene ring substituents is 1. The zero-order valence-electron chi connectivity index (χ0n) is 19.2. The van der Waals surface area contributed by atoms with Crippen LogP contribution < -0.4 is 14.8 Å². The first kappa shape index (κ1) is 25.1. The van der Waals surface area contributed by atoms with E-state index in [9.17, 15) is 10.1 Å². The number of nitrogens with zero attached hydrogens (tertiary/aromatic N) is 4. The average molecular weight is 555 g/mol. The first-order valence-corrected chi connectivity index (χ1v) is 13.4. The lowest BCUT2D eigenvalue weighted by molar-refractivity contribution is -0.384. The van der Waals surface area contributed by atoms with Crippen LogP contribution >= 0.6 is 23.3 Å². The number of nitro benzene ring substituents is 1. The Kier molecular flexibility index (Phi) is 8.23. The number of benzene rings is 2. The molecule has 10 nitrogen and oxygen atoms in total. The number of morpholine rings is 2. The number of hydrogen-bond donors (Lipinski definition) is 0. The quantitative estimate of drug-likeness (QED) is 0.287. The van der Waals surface area contributed by atoms with Crippen molar-refractivity contribution in [2.45, 2.75) is 0 Å². The molecule has 0 radical (unpaired) electrons. The molecule has 2 aliphatic heterocycles. The van der Waals surface area contributed by atoms with Crippen LogP contribution in [0.1, 0.15) is 0 Å². The van der Waals surface area contributed by atoms with E-state index < -0.39 is 12.3 Å². The standard InChI is InChI=1S/C22H28BrN4O6P/c1-30-18-4-6-22(21(16-18)31-2)34(25-7-11-32-12-8-25,26-9-13-33-14-10-26)24-20-5-3-17(27(28)29)15-19(20)23/h3-6,15-16H,7-14H2,1-2H3. The molecular formula is C22H28BrN4O6P. The first-order chi connectivity index (χ1) is 16.5. The van der Waals surface area contributed by atoms with Crippen LogP contribution in [-0.2, 0) is 9.47 Å². The van der Waals surface area contributed by atoms with Gasteiger partial charge in [-0.3, -0.25) is 10.1 Å². The third kappa shape index (κ3) is 5.00. The molecule has 0 atom stereocenters. The van der Waals surface area contributed by atoms with Gasteiger partial charge in [-0.1, -0.05) is 0 Å². The highest BCUT2D eigenvalue weighted by Gasteiger charge is 2.40. The molecule has 12 heteroatoms. The molecule has 34 heavy (non-hydrogen) atoms. The second-order valence-corrected chi connectivity index (χ2v) is 11.5. The Morgan fingerprint density at radius 1 is 0.971 bits per heavy atom. The monoisotopic (exact) mass is 554 g/mol. The van der Waals surface area contributed by atoms with E-state index in [0.717, 1.165) is 5.30 Å². The van der Waals surface area contributed by atoms with Crippen molar-refractivity contribution in [1.82, 2.24) is 9.34 Å². The summed E-state index contributed by atoms with van der Waals surface area (Å²) in [7, 11) is 0.650. The maximum Gasteiger partial charge on any atom is 0.270 e. The van der Waals surface area contributed by atoms with E-state index in [4.69, 9.17) is 23.7 Å². The molecule has 4 rings (SSSR count). The summed E-state index contributed by atoms with van der Waals surface area (Å²) < 4.78 is 33.5. The van der Waals surface area contributed by atoms with Gasteiger partial charge in [-0.2, -0.15) is 0 Å². The minimum Gasteiger partial charge on any atom is -0.497 e. The highest BCUT2D eigenvalue weighted by Crippen LogP contribution is 2.60. The van der Waals surface area contributed by atoms with Gasteiger partial charge in [-0.15, -0.1) is 0 Å². The Bertz CT molecular complexity index is 1070. The summed E-state index contributed by atoms with van der Waals surface area (Å²) >= 11 is 3.53. The maximum atomic E-state index is 11.3. The fraction of sp³-hybridized carbons (Fsp3) is 0.455. The largest absolute Gasteiger partial charge is 0.497 e. The van der Waals surface area contributed by atoms with Gasteiger partial charge in [-0.25, -0.2) is 14.1 Å². The van der Waals surface area contributed by atoms with Crippen LogP contribution in [-0.4, -0.2) is 81.1 Å². The van der Waals surface area contributed by atoms with E-state index in [-0.39, 0.29) is 5.69 Å². The van der Waals surface area contributed by atoms with E-state index >= 15 is 0 Å². The minimum atomic E-state index is -2.62. The van der Waals surface area contributed by atoms with Gasteiger partial charge >= 0.3 is 0 Å². The van der Waals surface area contributed by atoms with E-state index in [1.165, 1.54) is 12.1 Å². The van der Waals surface area contributed by atoms with Gasteiger partial charge in [0.25, 0.3) is 5.69 Å². The first-order valence-electron chi connectivity index (χ1n) is 10.9. The van der Waals surface area contributed by atoms with Crippen molar-refractivity contribution in [3.8, 4) is 11.5 Å². The summed E-state index contributed by atoms with van der Waals surface area (Å²) in [6, 6.07) is 10.5. The van der Waals surface area contributed by atoms with Crippen LogP contribution in [0.15, 0.2) is 45.6 Å². The molecule has 2 saturated heterocycles. The second-order valence-electron chi connectivity index (χ2n) is 7.73.